The van der Waals surface area contributed by atoms with E-state index in [9.17, 15) is 10.2 Å². The molecule has 2 fully saturated rings. The van der Waals surface area contributed by atoms with Crippen molar-refractivity contribution in [3.05, 3.63) is 151 Å². The Morgan fingerprint density at radius 3 is 2.23 bits per heavy atom. The summed E-state index contributed by atoms with van der Waals surface area (Å²) in [6.45, 7) is 7.87. The van der Waals surface area contributed by atoms with Crippen molar-refractivity contribution in [3.63, 3.8) is 0 Å². The molecule has 2 aliphatic carbocycles. The molecule has 2 N–H and O–H groups in total. The number of carbonyl (C=O) groups is 1. The molecule has 7 atom stereocenters. The van der Waals surface area contributed by atoms with E-state index < -0.39 is 30.1 Å². The number of oxime groups is 1. The molecule has 2 heterocycles. The van der Waals surface area contributed by atoms with Crippen molar-refractivity contribution >= 4 is 22.6 Å². The predicted octanol–water partition coefficient (Wildman–Crippen LogP) is 16.0. The molecule has 0 aromatic heterocycles. The summed E-state index contributed by atoms with van der Waals surface area (Å²) in [5, 5.41) is 27.6. The summed E-state index contributed by atoms with van der Waals surface area (Å²) in [7, 11) is 0. The van der Waals surface area contributed by atoms with E-state index in [0.717, 1.165) is 109 Å². The molecule has 0 bridgehead atoms. The van der Waals surface area contributed by atoms with Gasteiger partial charge in [-0.15, -0.1) is 6.58 Å². The normalized spacial score (nSPS) is 22.8. The summed E-state index contributed by atoms with van der Waals surface area (Å²) in [6, 6.07) is 38.4. The number of aliphatic hydroxyl groups is 2. The molecule has 7 unspecified atom stereocenters. The minimum atomic E-state index is -1.47. The summed E-state index contributed by atoms with van der Waals surface area (Å²) in [5.41, 5.74) is 5.87. The zero-order valence-electron chi connectivity index (χ0n) is 46.8. The minimum absolute atomic E-state index is 0.0335. The van der Waals surface area contributed by atoms with Crippen LogP contribution in [0.15, 0.2) is 145 Å². The fraction of sp³-hybridized carbons (Fsp3) is 0.500. The van der Waals surface area contributed by atoms with Crippen LogP contribution in [0.5, 0.6) is 17.2 Å². The highest BCUT2D eigenvalue weighted by atomic mass is 16.8. The van der Waals surface area contributed by atoms with Gasteiger partial charge < -0.3 is 38.7 Å². The highest BCUT2D eigenvalue weighted by Crippen LogP contribution is 2.62. The molecule has 11 heteroatoms. The number of benzene rings is 5. The summed E-state index contributed by atoms with van der Waals surface area (Å²) in [6.07, 6.45) is 22.4. The Morgan fingerprint density at radius 2 is 1.48 bits per heavy atom. The second kappa shape index (κ2) is 29.5. The van der Waals surface area contributed by atoms with Gasteiger partial charge in [0.2, 0.25) is 12.1 Å². The van der Waals surface area contributed by atoms with Crippen molar-refractivity contribution in [2.24, 2.45) is 22.9 Å². The number of carbonyl (C=O) groups excluding carboxylic acids is 1. The zero-order chi connectivity index (χ0) is 54.7. The number of aliphatic hydroxyl groups excluding tert-OH is 2. The SMILES string of the molecule is C=CCOC12Oc3ccc(Oc4ccc(-c5ccccc5)cc4)cc3C3C(CCCCO)C(CCCCO)C=C(C(=NOC4CCCCO4)CC1N(Cc1cccc4ccccc14)C(=O)OCCCCCCCCCCCC)C32. The van der Waals surface area contributed by atoms with Crippen LogP contribution in [0.1, 0.15) is 152 Å². The molecular weight excluding hydrogens is 989 g/mol. The van der Waals surface area contributed by atoms with Crippen LogP contribution < -0.4 is 9.47 Å². The molecule has 9 rings (SSSR count). The van der Waals surface area contributed by atoms with Crippen LogP contribution in [0, 0.1) is 17.8 Å². The maximum absolute atomic E-state index is 15.5. The summed E-state index contributed by atoms with van der Waals surface area (Å²) >= 11 is 0. The molecule has 1 saturated carbocycles. The summed E-state index contributed by atoms with van der Waals surface area (Å²) in [5.74, 6) is -0.0939. The molecule has 79 heavy (non-hydrogen) atoms. The number of amides is 1. The first kappa shape index (κ1) is 57.7. The third kappa shape index (κ3) is 14.5. The number of hydrogen-bond donors (Lipinski definition) is 2. The van der Waals surface area contributed by atoms with Crippen molar-refractivity contribution in [3.8, 4) is 28.4 Å². The van der Waals surface area contributed by atoms with E-state index in [1.165, 1.54) is 44.9 Å². The second-order valence-corrected chi connectivity index (χ2v) is 22.2. The quantitative estimate of drug-likeness (QED) is 0.0262. The molecule has 11 nitrogen and oxygen atoms in total. The van der Waals surface area contributed by atoms with Gasteiger partial charge in [0.15, 0.2) is 0 Å². The number of rotatable bonds is 30. The van der Waals surface area contributed by atoms with Crippen LogP contribution in [0.2, 0.25) is 0 Å². The first-order valence-corrected chi connectivity index (χ1v) is 30.0. The Kier molecular flexibility index (Phi) is 21.5. The van der Waals surface area contributed by atoms with Crippen LogP contribution in [0.4, 0.5) is 4.79 Å². The third-order valence-corrected chi connectivity index (χ3v) is 16.8. The van der Waals surface area contributed by atoms with Gasteiger partial charge in [-0.1, -0.05) is 180 Å². The first-order valence-electron chi connectivity index (χ1n) is 30.0. The molecule has 0 radical (unpaired) electrons. The average molecular weight is 1080 g/mol. The van der Waals surface area contributed by atoms with Crippen LogP contribution in [-0.2, 0) is 25.6 Å². The molecule has 0 spiro atoms. The van der Waals surface area contributed by atoms with E-state index in [2.05, 4.69) is 80.2 Å². The summed E-state index contributed by atoms with van der Waals surface area (Å²) < 4.78 is 34.4. The van der Waals surface area contributed by atoms with E-state index in [4.69, 9.17) is 33.7 Å². The Labute approximate surface area is 470 Å². The lowest BCUT2D eigenvalue weighted by atomic mass is 9.55. The Morgan fingerprint density at radius 1 is 0.772 bits per heavy atom. The largest absolute Gasteiger partial charge is 0.459 e. The fourth-order valence-electron chi connectivity index (χ4n) is 12.9. The van der Waals surface area contributed by atoms with E-state index in [0.29, 0.717) is 43.3 Å². The Bertz CT molecular complexity index is 2750. The highest BCUT2D eigenvalue weighted by Gasteiger charge is 2.66. The van der Waals surface area contributed by atoms with Gasteiger partial charge in [-0.25, -0.2) is 4.79 Å². The van der Waals surface area contributed by atoms with Crippen molar-refractivity contribution in [2.75, 3.05) is 33.0 Å². The van der Waals surface area contributed by atoms with Gasteiger partial charge in [0, 0.05) is 37.5 Å². The van der Waals surface area contributed by atoms with Crippen LogP contribution >= 0.6 is 0 Å². The van der Waals surface area contributed by atoms with E-state index in [1.54, 1.807) is 6.08 Å². The number of ether oxygens (including phenoxy) is 5. The van der Waals surface area contributed by atoms with Gasteiger partial charge in [-0.2, -0.15) is 0 Å². The highest BCUT2D eigenvalue weighted by molar-refractivity contribution is 6.03. The maximum atomic E-state index is 15.5. The molecular formula is C68H86N2O9. The topological polar surface area (TPSA) is 129 Å². The smallest absolute Gasteiger partial charge is 0.410 e. The van der Waals surface area contributed by atoms with E-state index >= 15 is 4.79 Å². The number of allylic oxidation sites excluding steroid dienone is 1. The lowest BCUT2D eigenvalue weighted by molar-refractivity contribution is -0.256. The zero-order valence-corrected chi connectivity index (χ0v) is 46.8. The Balaban J connectivity index is 1.15. The molecule has 4 aliphatic rings. The average Bonchev–Trinajstić information content (AvgIpc) is 3.64. The van der Waals surface area contributed by atoms with Crippen LogP contribution in [-0.4, -0.2) is 78.1 Å². The number of hydrogen-bond acceptors (Lipinski definition) is 10. The molecule has 1 saturated heterocycles. The van der Waals surface area contributed by atoms with Gasteiger partial charge >= 0.3 is 6.09 Å². The van der Waals surface area contributed by atoms with Gasteiger partial charge in [0.05, 0.1) is 38.0 Å². The van der Waals surface area contributed by atoms with Crippen LogP contribution in [0.25, 0.3) is 21.9 Å². The van der Waals surface area contributed by atoms with Gasteiger partial charge in [-0.05, 0) is 120 Å². The van der Waals surface area contributed by atoms with E-state index in [-0.39, 0.29) is 50.5 Å². The molecule has 2 aliphatic heterocycles. The van der Waals surface area contributed by atoms with Crippen molar-refractivity contribution in [2.45, 2.75) is 166 Å². The predicted molar refractivity (Wildman–Crippen MR) is 314 cm³/mol. The minimum Gasteiger partial charge on any atom is -0.459 e. The van der Waals surface area contributed by atoms with Crippen molar-refractivity contribution in [1.82, 2.24) is 4.90 Å². The summed E-state index contributed by atoms with van der Waals surface area (Å²) in [4.78, 5) is 23.8. The maximum Gasteiger partial charge on any atom is 0.410 e. The second-order valence-electron chi connectivity index (χ2n) is 22.2. The van der Waals surface area contributed by atoms with Crippen molar-refractivity contribution in [1.29, 1.82) is 0 Å². The lowest BCUT2D eigenvalue weighted by Crippen LogP contribution is -2.70. The number of fused-ring (bicyclic) bond motifs is 3. The molecule has 5 aromatic carbocycles. The Hall–Kier alpha value is -5.98. The molecule has 422 valence electrons. The van der Waals surface area contributed by atoms with Gasteiger partial charge in [0.1, 0.15) is 23.3 Å². The molecule has 1 amide bonds. The van der Waals surface area contributed by atoms with Gasteiger partial charge in [-0.3, -0.25) is 4.90 Å². The first-order chi connectivity index (χ1) is 38.9. The standard InChI is InChI=1S/C68H86N2O9/c1-3-5-6-7-8-9-10-11-12-23-45-75-67(73)70(49-54-31-25-30-52-28-16-17-32-57(52)54)63-48-61(69-79-64-34-20-24-44-74-64)59-46-53(29-18-21-41-71)58(33-19-22-42-72)65-60-47-56(39-40-62(60)78-68(63,66(59)65)76-43-4-2)77-55-37-35-51(36-38-55)50-26-14-13-15-27-50/h4,13-17,25-28,30-32,35-40,46-47,53,58,63-66,71-72H,2-3,5-12,18-24,29,33-34,41-45,48-49H2,1H3. The molecule has 5 aromatic rings. The van der Waals surface area contributed by atoms with E-state index in [1.807, 2.05) is 59.5 Å². The number of unbranched alkanes of at least 4 members (excludes halogenated alkanes) is 11. The number of nitrogens with zero attached hydrogens (tertiary/aromatic N) is 2. The monoisotopic (exact) mass is 1070 g/mol. The third-order valence-electron chi connectivity index (χ3n) is 16.8. The van der Waals surface area contributed by atoms with Gasteiger partial charge in [0.25, 0.3) is 0 Å². The van der Waals surface area contributed by atoms with Crippen LogP contribution in [0.3, 0.4) is 0 Å². The lowest BCUT2D eigenvalue weighted by Gasteiger charge is -2.60. The van der Waals surface area contributed by atoms with Crippen molar-refractivity contribution < 1.29 is 43.5 Å². The fourth-order valence-corrected chi connectivity index (χ4v) is 12.9.